The average molecular weight is 274 g/mol. The van der Waals surface area contributed by atoms with Crippen molar-refractivity contribution >= 4 is 0 Å². The minimum absolute atomic E-state index is 1.05. The summed E-state index contributed by atoms with van der Waals surface area (Å²) >= 11 is 0. The summed E-state index contributed by atoms with van der Waals surface area (Å²) in [6.45, 7) is 10.4. The fraction of sp³-hybridized carbons (Fsp3) is 0.667. The van der Waals surface area contributed by atoms with Gasteiger partial charge in [0.25, 0.3) is 0 Å². The molecule has 2 heteroatoms. The standard InChI is InChI=1S/C18H30N2/c1-3-5-12-20(13-6-4-2)15-17-9-7-8-16-14-19-11-10-18(16)17/h7-9,19H,3-6,10-15H2,1-2H3. The fourth-order valence-electron chi connectivity index (χ4n) is 3.03. The van der Waals surface area contributed by atoms with E-state index in [0.717, 1.165) is 19.6 Å². The second kappa shape index (κ2) is 8.43. The van der Waals surface area contributed by atoms with Gasteiger partial charge >= 0.3 is 0 Å². The molecule has 0 unspecified atom stereocenters. The first-order chi connectivity index (χ1) is 9.85. The van der Waals surface area contributed by atoms with Gasteiger partial charge in [0.2, 0.25) is 0 Å². The van der Waals surface area contributed by atoms with E-state index in [4.69, 9.17) is 0 Å². The van der Waals surface area contributed by atoms with E-state index in [9.17, 15) is 0 Å². The largest absolute Gasteiger partial charge is 0.312 e. The topological polar surface area (TPSA) is 15.3 Å². The van der Waals surface area contributed by atoms with Crippen LogP contribution in [0.4, 0.5) is 0 Å². The molecule has 0 saturated heterocycles. The van der Waals surface area contributed by atoms with Crippen molar-refractivity contribution < 1.29 is 0 Å². The SMILES string of the molecule is CCCCN(CCCC)Cc1cccc2c1CCNC2. The monoisotopic (exact) mass is 274 g/mol. The van der Waals surface area contributed by atoms with Gasteiger partial charge in [-0.1, -0.05) is 44.9 Å². The third kappa shape index (κ3) is 4.32. The van der Waals surface area contributed by atoms with Crippen LogP contribution in [0.3, 0.4) is 0 Å². The molecule has 0 radical (unpaired) electrons. The van der Waals surface area contributed by atoms with Crippen molar-refractivity contribution in [2.75, 3.05) is 19.6 Å². The van der Waals surface area contributed by atoms with E-state index in [1.165, 1.54) is 50.8 Å². The van der Waals surface area contributed by atoms with Crippen molar-refractivity contribution in [1.29, 1.82) is 0 Å². The van der Waals surface area contributed by atoms with Crippen molar-refractivity contribution in [3.05, 3.63) is 34.9 Å². The highest BCUT2D eigenvalue weighted by atomic mass is 15.1. The lowest BCUT2D eigenvalue weighted by Crippen LogP contribution is -2.29. The number of rotatable bonds is 8. The molecule has 0 bridgehead atoms. The normalized spacial score (nSPS) is 14.6. The first-order valence-electron chi connectivity index (χ1n) is 8.37. The summed E-state index contributed by atoms with van der Waals surface area (Å²) in [7, 11) is 0. The van der Waals surface area contributed by atoms with Gasteiger partial charge < -0.3 is 5.32 Å². The van der Waals surface area contributed by atoms with Gasteiger partial charge in [-0.2, -0.15) is 0 Å². The van der Waals surface area contributed by atoms with Crippen LogP contribution in [-0.4, -0.2) is 24.5 Å². The number of nitrogens with zero attached hydrogens (tertiary/aromatic N) is 1. The maximum atomic E-state index is 3.48. The number of hydrogen-bond acceptors (Lipinski definition) is 2. The van der Waals surface area contributed by atoms with E-state index < -0.39 is 0 Å². The Bertz CT molecular complexity index is 392. The second-order valence-electron chi connectivity index (χ2n) is 5.96. The average Bonchev–Trinajstić information content (AvgIpc) is 2.50. The van der Waals surface area contributed by atoms with Gasteiger partial charge in [-0.25, -0.2) is 0 Å². The number of hydrogen-bond donors (Lipinski definition) is 1. The summed E-state index contributed by atoms with van der Waals surface area (Å²) in [5.74, 6) is 0. The molecule has 0 spiro atoms. The Hall–Kier alpha value is -0.860. The van der Waals surface area contributed by atoms with Crippen molar-refractivity contribution in [3.63, 3.8) is 0 Å². The Kier molecular flexibility index (Phi) is 6.55. The zero-order chi connectivity index (χ0) is 14.2. The van der Waals surface area contributed by atoms with E-state index in [1.807, 2.05) is 0 Å². The maximum Gasteiger partial charge on any atom is 0.0236 e. The van der Waals surface area contributed by atoms with E-state index in [0.29, 0.717) is 0 Å². The van der Waals surface area contributed by atoms with Crippen LogP contribution in [0.25, 0.3) is 0 Å². The summed E-state index contributed by atoms with van der Waals surface area (Å²) in [4.78, 5) is 2.66. The van der Waals surface area contributed by atoms with Gasteiger partial charge in [0.15, 0.2) is 0 Å². The summed E-state index contributed by atoms with van der Waals surface area (Å²) in [5, 5.41) is 3.48. The molecule has 1 aliphatic heterocycles. The Morgan fingerprint density at radius 1 is 1.10 bits per heavy atom. The summed E-state index contributed by atoms with van der Waals surface area (Å²) in [6.07, 6.45) is 6.42. The molecule has 1 N–H and O–H groups in total. The highest BCUT2D eigenvalue weighted by Gasteiger charge is 2.14. The second-order valence-corrected chi connectivity index (χ2v) is 5.96. The van der Waals surface area contributed by atoms with E-state index in [2.05, 4.69) is 42.3 Å². The molecule has 0 amide bonds. The van der Waals surface area contributed by atoms with Crippen molar-refractivity contribution in [1.82, 2.24) is 10.2 Å². The molecule has 0 aliphatic carbocycles. The molecule has 1 aromatic carbocycles. The van der Waals surface area contributed by atoms with Crippen LogP contribution >= 0.6 is 0 Å². The van der Waals surface area contributed by atoms with Gasteiger partial charge in [-0.15, -0.1) is 0 Å². The van der Waals surface area contributed by atoms with Crippen LogP contribution < -0.4 is 5.32 Å². The quantitative estimate of drug-likeness (QED) is 0.777. The molecule has 0 fully saturated rings. The summed E-state index contributed by atoms with van der Waals surface area (Å²) < 4.78 is 0. The molecule has 2 rings (SSSR count). The molecule has 0 saturated carbocycles. The minimum Gasteiger partial charge on any atom is -0.312 e. The lowest BCUT2D eigenvalue weighted by molar-refractivity contribution is 0.256. The molecule has 1 aliphatic rings. The van der Waals surface area contributed by atoms with Crippen molar-refractivity contribution in [2.45, 2.75) is 59.0 Å². The molecule has 1 heterocycles. The van der Waals surface area contributed by atoms with Gasteiger partial charge in [0.05, 0.1) is 0 Å². The summed E-state index contributed by atoms with van der Waals surface area (Å²) in [5.41, 5.74) is 4.69. The number of fused-ring (bicyclic) bond motifs is 1. The van der Waals surface area contributed by atoms with Crippen LogP contribution in [0.5, 0.6) is 0 Å². The smallest absolute Gasteiger partial charge is 0.0236 e. The van der Waals surface area contributed by atoms with Crippen LogP contribution in [0.15, 0.2) is 18.2 Å². The first kappa shape index (κ1) is 15.5. The molecular weight excluding hydrogens is 244 g/mol. The van der Waals surface area contributed by atoms with Crippen LogP contribution in [0.1, 0.15) is 56.2 Å². The molecule has 1 aromatic rings. The number of nitrogens with one attached hydrogen (secondary N) is 1. The molecule has 20 heavy (non-hydrogen) atoms. The Labute approximate surface area is 124 Å². The minimum atomic E-state index is 1.05. The van der Waals surface area contributed by atoms with Crippen molar-refractivity contribution in [3.8, 4) is 0 Å². The first-order valence-corrected chi connectivity index (χ1v) is 8.37. The van der Waals surface area contributed by atoms with Gasteiger partial charge in [-0.3, -0.25) is 4.90 Å². The molecule has 2 nitrogen and oxygen atoms in total. The highest BCUT2D eigenvalue weighted by molar-refractivity contribution is 5.37. The third-order valence-corrected chi connectivity index (χ3v) is 4.29. The zero-order valence-corrected chi connectivity index (χ0v) is 13.3. The van der Waals surface area contributed by atoms with Crippen LogP contribution in [0.2, 0.25) is 0 Å². The van der Waals surface area contributed by atoms with Gasteiger partial charge in [0, 0.05) is 13.1 Å². The maximum absolute atomic E-state index is 3.48. The van der Waals surface area contributed by atoms with E-state index in [1.54, 1.807) is 11.1 Å². The molecule has 0 aromatic heterocycles. The van der Waals surface area contributed by atoms with Gasteiger partial charge in [0.1, 0.15) is 0 Å². The molecular formula is C18H30N2. The van der Waals surface area contributed by atoms with E-state index in [-0.39, 0.29) is 0 Å². The third-order valence-electron chi connectivity index (χ3n) is 4.29. The lowest BCUT2D eigenvalue weighted by atomic mass is 9.95. The van der Waals surface area contributed by atoms with E-state index >= 15 is 0 Å². The van der Waals surface area contributed by atoms with Crippen LogP contribution in [0, 0.1) is 0 Å². The summed E-state index contributed by atoms with van der Waals surface area (Å²) in [6, 6.07) is 6.86. The van der Waals surface area contributed by atoms with Gasteiger partial charge in [-0.05, 0) is 55.6 Å². The number of benzene rings is 1. The van der Waals surface area contributed by atoms with Crippen molar-refractivity contribution in [2.24, 2.45) is 0 Å². The number of unbranched alkanes of at least 4 members (excludes halogenated alkanes) is 2. The Morgan fingerprint density at radius 2 is 1.85 bits per heavy atom. The fourth-order valence-corrected chi connectivity index (χ4v) is 3.03. The van der Waals surface area contributed by atoms with Crippen LogP contribution in [-0.2, 0) is 19.5 Å². The predicted octanol–water partition coefficient (Wildman–Crippen LogP) is 3.73. The molecule has 112 valence electrons. The Balaban J connectivity index is 2.05. The predicted molar refractivity (Wildman–Crippen MR) is 86.9 cm³/mol. The molecule has 0 atom stereocenters. The zero-order valence-electron chi connectivity index (χ0n) is 13.3. The lowest BCUT2D eigenvalue weighted by Gasteiger charge is -2.26. The highest BCUT2D eigenvalue weighted by Crippen LogP contribution is 2.20. The Morgan fingerprint density at radius 3 is 2.55 bits per heavy atom.